The van der Waals surface area contributed by atoms with Gasteiger partial charge in [0.05, 0.1) is 10.6 Å². The number of carbonyl (C=O) groups excluding carboxylic acids is 1. The standard InChI is InChI=1S/C16H16N4O2S2/c1-3-11-10(2)24-16(17-11)18-14(21)9-20-15(22)7-6-12(19-20)13-5-4-8-23-13/h4-8H,3,9H2,1-2H3,(H,17,18,21). The third kappa shape index (κ3) is 3.60. The van der Waals surface area contributed by atoms with Crippen LogP contribution in [-0.4, -0.2) is 20.7 Å². The van der Waals surface area contributed by atoms with Crippen molar-refractivity contribution in [3.63, 3.8) is 0 Å². The normalized spacial score (nSPS) is 10.8. The lowest BCUT2D eigenvalue weighted by Gasteiger charge is -2.06. The van der Waals surface area contributed by atoms with E-state index >= 15 is 0 Å². The van der Waals surface area contributed by atoms with Gasteiger partial charge in [-0.1, -0.05) is 13.0 Å². The van der Waals surface area contributed by atoms with Gasteiger partial charge in [-0.25, -0.2) is 9.67 Å². The van der Waals surface area contributed by atoms with Gasteiger partial charge >= 0.3 is 0 Å². The maximum absolute atomic E-state index is 12.2. The average molecular weight is 360 g/mol. The van der Waals surface area contributed by atoms with Crippen molar-refractivity contribution in [2.24, 2.45) is 0 Å². The Morgan fingerprint density at radius 2 is 2.17 bits per heavy atom. The van der Waals surface area contributed by atoms with Crippen LogP contribution in [-0.2, 0) is 17.8 Å². The number of amides is 1. The Morgan fingerprint density at radius 1 is 1.33 bits per heavy atom. The van der Waals surface area contributed by atoms with Gasteiger partial charge in [-0.15, -0.1) is 22.7 Å². The molecule has 0 saturated heterocycles. The van der Waals surface area contributed by atoms with Crippen molar-refractivity contribution in [3.05, 3.63) is 50.6 Å². The van der Waals surface area contributed by atoms with Crippen LogP contribution >= 0.6 is 22.7 Å². The molecule has 0 unspecified atom stereocenters. The zero-order chi connectivity index (χ0) is 17.1. The molecule has 0 fully saturated rings. The Balaban J connectivity index is 1.76. The fraction of sp³-hybridized carbons (Fsp3) is 0.250. The fourth-order valence-corrected chi connectivity index (χ4v) is 3.83. The Morgan fingerprint density at radius 3 is 2.83 bits per heavy atom. The predicted octanol–water partition coefficient (Wildman–Crippen LogP) is 2.94. The number of rotatable bonds is 5. The summed E-state index contributed by atoms with van der Waals surface area (Å²) in [7, 11) is 0. The largest absolute Gasteiger partial charge is 0.300 e. The molecule has 1 N–H and O–H groups in total. The quantitative estimate of drug-likeness (QED) is 0.759. The van der Waals surface area contributed by atoms with Crippen LogP contribution in [0.15, 0.2) is 34.4 Å². The van der Waals surface area contributed by atoms with Crippen LogP contribution in [0, 0.1) is 6.92 Å². The summed E-state index contributed by atoms with van der Waals surface area (Å²) in [4.78, 5) is 30.6. The second kappa shape index (κ2) is 7.06. The minimum atomic E-state index is -0.315. The summed E-state index contributed by atoms with van der Waals surface area (Å²) in [6, 6.07) is 6.94. The first kappa shape index (κ1) is 16.5. The van der Waals surface area contributed by atoms with Crippen molar-refractivity contribution < 1.29 is 4.79 Å². The second-order valence-electron chi connectivity index (χ2n) is 5.12. The van der Waals surface area contributed by atoms with Crippen molar-refractivity contribution in [1.82, 2.24) is 14.8 Å². The highest BCUT2D eigenvalue weighted by atomic mass is 32.1. The van der Waals surface area contributed by atoms with Crippen LogP contribution in [0.5, 0.6) is 0 Å². The number of hydrogen-bond donors (Lipinski definition) is 1. The summed E-state index contributed by atoms with van der Waals surface area (Å²) < 4.78 is 1.17. The predicted molar refractivity (Wildman–Crippen MR) is 96.7 cm³/mol. The van der Waals surface area contributed by atoms with Crippen molar-refractivity contribution >= 4 is 33.7 Å². The van der Waals surface area contributed by atoms with Crippen LogP contribution in [0.4, 0.5) is 5.13 Å². The van der Waals surface area contributed by atoms with Crippen molar-refractivity contribution in [1.29, 1.82) is 0 Å². The molecular formula is C16H16N4O2S2. The van der Waals surface area contributed by atoms with E-state index in [1.54, 1.807) is 6.07 Å². The third-order valence-electron chi connectivity index (χ3n) is 3.41. The molecule has 0 aliphatic heterocycles. The van der Waals surface area contributed by atoms with Crippen LogP contribution in [0.1, 0.15) is 17.5 Å². The highest BCUT2D eigenvalue weighted by Crippen LogP contribution is 2.23. The number of aryl methyl sites for hydroxylation is 2. The van der Waals surface area contributed by atoms with Crippen LogP contribution in [0.3, 0.4) is 0 Å². The average Bonchev–Trinajstić information content (AvgIpc) is 3.19. The molecule has 3 aromatic heterocycles. The Kier molecular flexibility index (Phi) is 4.86. The highest BCUT2D eigenvalue weighted by molar-refractivity contribution is 7.15. The van der Waals surface area contributed by atoms with Gasteiger partial charge in [0.1, 0.15) is 12.2 Å². The lowest BCUT2D eigenvalue weighted by atomic mass is 10.3. The molecule has 0 spiro atoms. The minimum Gasteiger partial charge on any atom is -0.300 e. The van der Waals surface area contributed by atoms with E-state index in [9.17, 15) is 9.59 Å². The molecule has 0 aromatic carbocycles. The highest BCUT2D eigenvalue weighted by Gasteiger charge is 2.12. The summed E-state index contributed by atoms with van der Waals surface area (Å²) in [6.07, 6.45) is 0.822. The first-order chi connectivity index (χ1) is 11.6. The Bertz CT molecular complexity index is 913. The molecule has 1 amide bonds. The van der Waals surface area contributed by atoms with Gasteiger partial charge in [0.15, 0.2) is 5.13 Å². The number of thiazole rings is 1. The maximum atomic E-state index is 12.2. The van der Waals surface area contributed by atoms with Gasteiger partial charge in [-0.05, 0) is 30.9 Å². The number of nitrogens with zero attached hydrogens (tertiary/aromatic N) is 3. The number of thiophene rings is 1. The molecular weight excluding hydrogens is 344 g/mol. The van der Waals surface area contributed by atoms with Gasteiger partial charge in [0, 0.05) is 10.9 Å². The van der Waals surface area contributed by atoms with E-state index in [0.29, 0.717) is 10.8 Å². The maximum Gasteiger partial charge on any atom is 0.267 e. The number of aromatic nitrogens is 3. The number of nitrogens with one attached hydrogen (secondary N) is 1. The zero-order valence-corrected chi connectivity index (χ0v) is 14.9. The molecule has 0 saturated carbocycles. The summed E-state index contributed by atoms with van der Waals surface area (Å²) in [6.45, 7) is 3.86. The summed E-state index contributed by atoms with van der Waals surface area (Å²) in [5, 5.41) is 9.50. The summed E-state index contributed by atoms with van der Waals surface area (Å²) in [5.74, 6) is -0.315. The lowest BCUT2D eigenvalue weighted by Crippen LogP contribution is -2.29. The molecule has 3 aromatic rings. The van der Waals surface area contributed by atoms with Gasteiger partial charge < -0.3 is 5.32 Å². The first-order valence-corrected chi connectivity index (χ1v) is 9.14. The molecule has 6 nitrogen and oxygen atoms in total. The van der Waals surface area contributed by atoms with Crippen LogP contribution < -0.4 is 10.9 Å². The van der Waals surface area contributed by atoms with E-state index in [4.69, 9.17) is 0 Å². The first-order valence-electron chi connectivity index (χ1n) is 7.45. The van der Waals surface area contributed by atoms with E-state index in [-0.39, 0.29) is 18.0 Å². The monoisotopic (exact) mass is 360 g/mol. The number of carbonyl (C=O) groups is 1. The minimum absolute atomic E-state index is 0.141. The smallest absolute Gasteiger partial charge is 0.267 e. The van der Waals surface area contributed by atoms with Crippen LogP contribution in [0.2, 0.25) is 0 Å². The molecule has 0 aliphatic carbocycles. The number of hydrogen-bond acceptors (Lipinski definition) is 6. The van der Waals surface area contributed by atoms with Crippen molar-refractivity contribution in [2.45, 2.75) is 26.8 Å². The van der Waals surface area contributed by atoms with Crippen molar-refractivity contribution in [2.75, 3.05) is 5.32 Å². The summed E-state index contributed by atoms with van der Waals surface area (Å²) >= 11 is 2.97. The molecule has 0 atom stereocenters. The Hall–Kier alpha value is -2.32. The molecule has 3 heterocycles. The van der Waals surface area contributed by atoms with E-state index < -0.39 is 0 Å². The molecule has 0 aliphatic rings. The third-order valence-corrected chi connectivity index (χ3v) is 5.23. The van der Waals surface area contributed by atoms with E-state index in [1.165, 1.54) is 33.4 Å². The molecule has 0 radical (unpaired) electrons. The lowest BCUT2D eigenvalue weighted by molar-refractivity contribution is -0.117. The Labute approximate surface area is 146 Å². The zero-order valence-electron chi connectivity index (χ0n) is 13.3. The molecule has 0 bridgehead atoms. The SMILES string of the molecule is CCc1nc(NC(=O)Cn2nc(-c3cccs3)ccc2=O)sc1C. The molecule has 3 rings (SSSR count). The van der Waals surface area contributed by atoms with Crippen molar-refractivity contribution in [3.8, 4) is 10.6 Å². The van der Waals surface area contributed by atoms with E-state index in [1.807, 2.05) is 31.4 Å². The van der Waals surface area contributed by atoms with Gasteiger partial charge in [0.25, 0.3) is 5.56 Å². The fourth-order valence-electron chi connectivity index (χ4n) is 2.22. The molecule has 24 heavy (non-hydrogen) atoms. The summed E-state index contributed by atoms with van der Waals surface area (Å²) in [5.41, 5.74) is 1.34. The van der Waals surface area contributed by atoms with Gasteiger partial charge in [-0.3, -0.25) is 9.59 Å². The van der Waals surface area contributed by atoms with Gasteiger partial charge in [0.2, 0.25) is 5.91 Å². The van der Waals surface area contributed by atoms with Gasteiger partial charge in [-0.2, -0.15) is 5.10 Å². The number of anilines is 1. The van der Waals surface area contributed by atoms with E-state index in [0.717, 1.165) is 21.9 Å². The molecule has 124 valence electrons. The van der Waals surface area contributed by atoms with E-state index in [2.05, 4.69) is 15.4 Å². The molecule has 8 heteroatoms. The van der Waals surface area contributed by atoms with Crippen LogP contribution in [0.25, 0.3) is 10.6 Å². The second-order valence-corrected chi connectivity index (χ2v) is 7.27. The topological polar surface area (TPSA) is 76.9 Å².